The van der Waals surface area contributed by atoms with E-state index in [2.05, 4.69) is 13.8 Å². The second-order valence-corrected chi connectivity index (χ2v) is 18.9. The number of carbonyl (C=O) groups excluding carboxylic acids is 1. The maximum absolute atomic E-state index is 12.3. The summed E-state index contributed by atoms with van der Waals surface area (Å²) in [5.74, 6) is -0.172. The summed E-state index contributed by atoms with van der Waals surface area (Å²) >= 11 is 0. The number of rotatable bonds is 51. The molecule has 0 heterocycles. The highest BCUT2D eigenvalue weighted by Gasteiger charge is 2.16. The van der Waals surface area contributed by atoms with Gasteiger partial charge in [-0.2, -0.15) is 0 Å². The van der Waals surface area contributed by atoms with Gasteiger partial charge in [0.1, 0.15) is 5.78 Å². The Balaban J connectivity index is 3.35. The third-order valence-electron chi connectivity index (χ3n) is 13.1. The van der Waals surface area contributed by atoms with E-state index in [1.807, 2.05) is 0 Å². The van der Waals surface area contributed by atoms with E-state index in [1.165, 1.54) is 263 Å². The van der Waals surface area contributed by atoms with E-state index >= 15 is 0 Å². The smallest absolute Gasteiger partial charge is 0.306 e. The molecule has 0 fully saturated rings. The summed E-state index contributed by atoms with van der Waals surface area (Å²) in [7, 11) is 0. The molecule has 0 aliphatic carbocycles. The van der Waals surface area contributed by atoms with Crippen LogP contribution in [0, 0.1) is 5.92 Å². The fourth-order valence-electron chi connectivity index (χ4n) is 8.98. The van der Waals surface area contributed by atoms with Gasteiger partial charge in [0.15, 0.2) is 0 Å². The number of hydrogen-bond donors (Lipinski definition) is 1. The van der Waals surface area contributed by atoms with Gasteiger partial charge in [-0.1, -0.05) is 290 Å². The van der Waals surface area contributed by atoms with E-state index in [0.717, 1.165) is 51.4 Å². The zero-order valence-electron chi connectivity index (χ0n) is 39.5. The monoisotopic (exact) mass is 803 g/mol. The van der Waals surface area contributed by atoms with Crippen LogP contribution in [0.15, 0.2) is 0 Å². The van der Waals surface area contributed by atoms with Crippen LogP contribution in [-0.4, -0.2) is 16.9 Å². The molecule has 340 valence electrons. The molecule has 0 amide bonds. The first-order valence-corrected chi connectivity index (χ1v) is 26.9. The van der Waals surface area contributed by atoms with Crippen molar-refractivity contribution >= 4 is 11.8 Å². The van der Waals surface area contributed by atoms with E-state index in [4.69, 9.17) is 0 Å². The summed E-state index contributed by atoms with van der Waals surface area (Å²) in [6.45, 7) is 4.58. The van der Waals surface area contributed by atoms with Gasteiger partial charge in [-0.05, 0) is 25.7 Å². The fourth-order valence-corrected chi connectivity index (χ4v) is 8.98. The van der Waals surface area contributed by atoms with Gasteiger partial charge in [0.2, 0.25) is 0 Å². The van der Waals surface area contributed by atoms with E-state index in [0.29, 0.717) is 5.78 Å². The molecule has 0 saturated carbocycles. The van der Waals surface area contributed by atoms with Crippen LogP contribution >= 0.6 is 0 Å². The lowest BCUT2D eigenvalue weighted by Crippen LogP contribution is -2.13. The Morgan fingerprint density at radius 2 is 0.456 bits per heavy atom. The molecule has 0 bridgehead atoms. The molecule has 57 heavy (non-hydrogen) atoms. The Morgan fingerprint density at radius 1 is 0.281 bits per heavy atom. The lowest BCUT2D eigenvalue weighted by molar-refractivity contribution is -0.142. The van der Waals surface area contributed by atoms with Crippen molar-refractivity contribution in [2.24, 2.45) is 5.92 Å². The molecule has 0 aromatic heterocycles. The van der Waals surface area contributed by atoms with Gasteiger partial charge < -0.3 is 5.11 Å². The van der Waals surface area contributed by atoms with Crippen molar-refractivity contribution in [2.75, 3.05) is 0 Å². The van der Waals surface area contributed by atoms with Crippen LogP contribution in [0.5, 0.6) is 0 Å². The van der Waals surface area contributed by atoms with Gasteiger partial charge in [0, 0.05) is 12.8 Å². The molecule has 1 atom stereocenters. The predicted molar refractivity (Wildman–Crippen MR) is 254 cm³/mol. The number of hydrogen-bond acceptors (Lipinski definition) is 2. The van der Waals surface area contributed by atoms with Crippen molar-refractivity contribution in [3.63, 3.8) is 0 Å². The highest BCUT2D eigenvalue weighted by molar-refractivity contribution is 5.78. The average molecular weight is 803 g/mol. The molecule has 0 aromatic rings. The Morgan fingerprint density at radius 3 is 0.649 bits per heavy atom. The quantitative estimate of drug-likeness (QED) is 0.0623. The van der Waals surface area contributed by atoms with E-state index in [-0.39, 0.29) is 5.92 Å². The number of aliphatic carboxylic acids is 1. The lowest BCUT2D eigenvalue weighted by atomic mass is 9.94. The summed E-state index contributed by atoms with van der Waals surface area (Å²) in [4.78, 5) is 24.1. The number of carboxylic acid groups (broad SMARTS) is 1. The van der Waals surface area contributed by atoms with Gasteiger partial charge in [0.05, 0.1) is 5.92 Å². The van der Waals surface area contributed by atoms with Crippen LogP contribution in [0.25, 0.3) is 0 Å². The highest BCUT2D eigenvalue weighted by atomic mass is 16.4. The Kier molecular flexibility index (Phi) is 48.8. The largest absolute Gasteiger partial charge is 0.481 e. The first kappa shape index (κ1) is 56.1. The van der Waals surface area contributed by atoms with Gasteiger partial charge in [-0.15, -0.1) is 0 Å². The third kappa shape index (κ3) is 47.7. The number of ketones is 1. The molecule has 0 aliphatic rings. The first-order chi connectivity index (χ1) is 28.1. The SMILES string of the molecule is CCCCCCCCCCCCCCCCCCC(CCCCCCCCCCCCCCCCC(=O)CCCCCCCCCCCCCCCCC)C(=O)O. The summed E-state index contributed by atoms with van der Waals surface area (Å²) in [6, 6.07) is 0. The van der Waals surface area contributed by atoms with Crippen LogP contribution < -0.4 is 0 Å². The average Bonchev–Trinajstić information content (AvgIpc) is 3.20. The highest BCUT2D eigenvalue weighted by Crippen LogP contribution is 2.21. The second-order valence-electron chi connectivity index (χ2n) is 18.9. The first-order valence-electron chi connectivity index (χ1n) is 26.9. The Bertz CT molecular complexity index is 775. The normalized spacial score (nSPS) is 12.1. The maximum atomic E-state index is 12.3. The van der Waals surface area contributed by atoms with Crippen molar-refractivity contribution in [3.8, 4) is 0 Å². The summed E-state index contributed by atoms with van der Waals surface area (Å²) < 4.78 is 0. The van der Waals surface area contributed by atoms with Crippen molar-refractivity contribution < 1.29 is 14.7 Å². The Labute approximate surface area is 359 Å². The van der Waals surface area contributed by atoms with Crippen molar-refractivity contribution in [1.29, 1.82) is 0 Å². The molecule has 1 unspecified atom stereocenters. The summed E-state index contributed by atoms with van der Waals surface area (Å²) in [5, 5.41) is 9.71. The minimum Gasteiger partial charge on any atom is -0.481 e. The molecule has 0 spiro atoms. The molecule has 3 nitrogen and oxygen atoms in total. The number of Topliss-reactive ketones (excluding diaryl/α,β-unsaturated/α-hetero) is 1. The van der Waals surface area contributed by atoms with Crippen LogP contribution in [0.3, 0.4) is 0 Å². The zero-order valence-corrected chi connectivity index (χ0v) is 39.5. The van der Waals surface area contributed by atoms with Crippen LogP contribution in [-0.2, 0) is 9.59 Å². The van der Waals surface area contributed by atoms with Crippen LogP contribution in [0.1, 0.15) is 328 Å². The number of carbonyl (C=O) groups is 2. The molecule has 3 heteroatoms. The number of unbranched alkanes of at least 4 members (excludes halogenated alkanes) is 42. The molecule has 0 radical (unpaired) electrons. The molecule has 0 aromatic carbocycles. The van der Waals surface area contributed by atoms with Gasteiger partial charge in [-0.3, -0.25) is 9.59 Å². The summed E-state index contributed by atoms with van der Waals surface area (Å²) in [6.07, 6.45) is 64.0. The molecule has 1 N–H and O–H groups in total. The van der Waals surface area contributed by atoms with Crippen molar-refractivity contribution in [1.82, 2.24) is 0 Å². The van der Waals surface area contributed by atoms with E-state index in [1.54, 1.807) is 0 Å². The standard InChI is InChI=1S/C54H106O3/c1-3-5-7-9-11-13-15-17-19-21-24-28-32-36-40-44-48-52(54(56)57)49-45-41-37-33-29-25-22-23-27-31-35-39-43-47-51-53(55)50-46-42-38-34-30-26-20-18-16-14-12-10-8-6-4-2/h52H,3-51H2,1-2H3,(H,56,57). The van der Waals surface area contributed by atoms with Crippen molar-refractivity contribution in [3.05, 3.63) is 0 Å². The summed E-state index contributed by atoms with van der Waals surface area (Å²) in [5.41, 5.74) is 0. The van der Waals surface area contributed by atoms with Crippen molar-refractivity contribution in [2.45, 2.75) is 328 Å². The lowest BCUT2D eigenvalue weighted by Gasteiger charge is -2.12. The third-order valence-corrected chi connectivity index (χ3v) is 13.1. The second kappa shape index (κ2) is 49.5. The molecule has 0 saturated heterocycles. The number of carboxylic acids is 1. The minimum atomic E-state index is -0.563. The van der Waals surface area contributed by atoms with Gasteiger partial charge in [0.25, 0.3) is 0 Å². The predicted octanol–water partition coefficient (Wildman–Crippen LogP) is 19.4. The van der Waals surface area contributed by atoms with Crippen LogP contribution in [0.2, 0.25) is 0 Å². The maximum Gasteiger partial charge on any atom is 0.306 e. The van der Waals surface area contributed by atoms with E-state index in [9.17, 15) is 14.7 Å². The van der Waals surface area contributed by atoms with Gasteiger partial charge >= 0.3 is 5.97 Å². The molecule has 0 rings (SSSR count). The van der Waals surface area contributed by atoms with Gasteiger partial charge in [-0.25, -0.2) is 0 Å². The van der Waals surface area contributed by atoms with E-state index < -0.39 is 5.97 Å². The molecule has 0 aliphatic heterocycles. The molecular weight excluding hydrogens is 697 g/mol. The fraction of sp³-hybridized carbons (Fsp3) is 0.963. The Hall–Kier alpha value is -0.860. The molecular formula is C54H106O3. The van der Waals surface area contributed by atoms with Crippen LogP contribution in [0.4, 0.5) is 0 Å². The minimum absolute atomic E-state index is 0.118. The zero-order chi connectivity index (χ0) is 41.4. The topological polar surface area (TPSA) is 54.4 Å².